The van der Waals surface area contributed by atoms with Gasteiger partial charge in [-0.05, 0) is 22.8 Å². The Balaban J connectivity index is 2.00. The average Bonchev–Trinajstić information content (AvgIpc) is 2.70. The highest BCUT2D eigenvalue weighted by Gasteiger charge is 2.13. The molecule has 0 amide bonds. The summed E-state index contributed by atoms with van der Waals surface area (Å²) >= 11 is 0. The van der Waals surface area contributed by atoms with E-state index in [1.165, 1.54) is 0 Å². The lowest BCUT2D eigenvalue weighted by molar-refractivity contribution is 1.24. The molecule has 0 saturated carbocycles. The number of aromatic amines is 1. The van der Waals surface area contributed by atoms with Crippen LogP contribution < -0.4 is 5.56 Å². The first-order chi connectivity index (χ1) is 12.3. The molecule has 0 fully saturated rings. The molecular weight excluding hydrogens is 306 g/mol. The lowest BCUT2D eigenvalue weighted by atomic mass is 9.96. The van der Waals surface area contributed by atoms with Crippen molar-refractivity contribution in [1.82, 2.24) is 4.98 Å². The second-order valence-corrected chi connectivity index (χ2v) is 5.90. The van der Waals surface area contributed by atoms with Crippen LogP contribution in [0.4, 0.5) is 0 Å². The summed E-state index contributed by atoms with van der Waals surface area (Å²) in [5.74, 6) is 0. The van der Waals surface area contributed by atoms with E-state index in [4.69, 9.17) is 0 Å². The zero-order valence-corrected chi connectivity index (χ0v) is 13.6. The third kappa shape index (κ3) is 3.02. The normalized spacial score (nSPS) is 10.6. The lowest BCUT2D eigenvalue weighted by Crippen LogP contribution is -2.11. The molecule has 2 heteroatoms. The molecule has 1 aromatic heterocycles. The minimum atomic E-state index is -0.0789. The SMILES string of the molecule is O=c1[nH]c(-c2ccccc2)c(-c2ccccc2)cc1-c1ccccc1. The Morgan fingerprint density at radius 3 is 1.48 bits per heavy atom. The zero-order chi connectivity index (χ0) is 17.1. The summed E-state index contributed by atoms with van der Waals surface area (Å²) in [6.45, 7) is 0. The molecule has 0 aliphatic heterocycles. The Morgan fingerprint density at radius 1 is 0.520 bits per heavy atom. The first-order valence-corrected chi connectivity index (χ1v) is 8.26. The molecule has 120 valence electrons. The second-order valence-electron chi connectivity index (χ2n) is 5.90. The second kappa shape index (κ2) is 6.62. The van der Waals surface area contributed by atoms with Gasteiger partial charge in [-0.25, -0.2) is 0 Å². The highest BCUT2D eigenvalue weighted by molar-refractivity contribution is 5.84. The Hall–Kier alpha value is -3.39. The van der Waals surface area contributed by atoms with E-state index in [0.29, 0.717) is 5.56 Å². The number of aromatic nitrogens is 1. The predicted molar refractivity (Wildman–Crippen MR) is 103 cm³/mol. The van der Waals surface area contributed by atoms with Crippen molar-refractivity contribution < 1.29 is 0 Å². The van der Waals surface area contributed by atoms with Gasteiger partial charge in [-0.3, -0.25) is 4.79 Å². The molecule has 1 N–H and O–H groups in total. The number of rotatable bonds is 3. The zero-order valence-electron chi connectivity index (χ0n) is 13.6. The van der Waals surface area contributed by atoms with Gasteiger partial charge in [0.1, 0.15) is 0 Å². The number of nitrogens with one attached hydrogen (secondary N) is 1. The van der Waals surface area contributed by atoms with Gasteiger partial charge in [0, 0.05) is 11.1 Å². The van der Waals surface area contributed by atoms with Crippen LogP contribution in [-0.2, 0) is 0 Å². The highest BCUT2D eigenvalue weighted by atomic mass is 16.1. The number of pyridine rings is 1. The topological polar surface area (TPSA) is 32.9 Å². The maximum Gasteiger partial charge on any atom is 0.256 e. The fraction of sp³-hybridized carbons (Fsp3) is 0. The van der Waals surface area contributed by atoms with Gasteiger partial charge < -0.3 is 4.98 Å². The molecule has 0 atom stereocenters. The Labute approximate surface area is 146 Å². The van der Waals surface area contributed by atoms with E-state index in [-0.39, 0.29) is 5.56 Å². The van der Waals surface area contributed by atoms with E-state index < -0.39 is 0 Å². The van der Waals surface area contributed by atoms with Gasteiger partial charge in [-0.15, -0.1) is 0 Å². The quantitative estimate of drug-likeness (QED) is 0.540. The van der Waals surface area contributed by atoms with Crippen molar-refractivity contribution in [2.24, 2.45) is 0 Å². The van der Waals surface area contributed by atoms with E-state index in [1.54, 1.807) is 0 Å². The highest BCUT2D eigenvalue weighted by Crippen LogP contribution is 2.32. The standard InChI is InChI=1S/C23H17NO/c25-23-21(18-12-6-2-7-13-18)16-20(17-10-4-1-5-11-17)22(24-23)19-14-8-3-9-15-19/h1-16H,(H,24,25). The van der Waals surface area contributed by atoms with Gasteiger partial charge in [-0.1, -0.05) is 91.0 Å². The van der Waals surface area contributed by atoms with Crippen molar-refractivity contribution in [3.8, 4) is 33.5 Å². The molecule has 0 spiro atoms. The van der Waals surface area contributed by atoms with Gasteiger partial charge in [0.25, 0.3) is 5.56 Å². The molecule has 3 aromatic carbocycles. The molecule has 0 aliphatic carbocycles. The van der Waals surface area contributed by atoms with E-state index in [9.17, 15) is 4.79 Å². The summed E-state index contributed by atoms with van der Waals surface area (Å²) in [7, 11) is 0. The van der Waals surface area contributed by atoms with Crippen LogP contribution in [0.3, 0.4) is 0 Å². The summed E-state index contributed by atoms with van der Waals surface area (Å²) in [5.41, 5.74) is 5.46. The van der Waals surface area contributed by atoms with Crippen LogP contribution in [0.5, 0.6) is 0 Å². The third-order valence-corrected chi connectivity index (χ3v) is 4.27. The third-order valence-electron chi connectivity index (χ3n) is 4.27. The summed E-state index contributed by atoms with van der Waals surface area (Å²) in [6, 6.07) is 31.9. The Bertz CT molecular complexity index is 1040. The van der Waals surface area contributed by atoms with Crippen molar-refractivity contribution in [3.63, 3.8) is 0 Å². The fourth-order valence-corrected chi connectivity index (χ4v) is 3.04. The summed E-state index contributed by atoms with van der Waals surface area (Å²) in [4.78, 5) is 15.8. The van der Waals surface area contributed by atoms with E-state index in [0.717, 1.165) is 27.9 Å². The van der Waals surface area contributed by atoms with E-state index in [1.807, 2.05) is 84.9 Å². The molecular formula is C23H17NO. The first-order valence-electron chi connectivity index (χ1n) is 8.26. The molecule has 25 heavy (non-hydrogen) atoms. The minimum Gasteiger partial charge on any atom is -0.321 e. The monoisotopic (exact) mass is 323 g/mol. The number of H-pyrrole nitrogens is 1. The first kappa shape index (κ1) is 15.2. The van der Waals surface area contributed by atoms with Crippen molar-refractivity contribution in [1.29, 1.82) is 0 Å². The minimum absolute atomic E-state index is 0.0789. The maximum absolute atomic E-state index is 12.7. The van der Waals surface area contributed by atoms with E-state index in [2.05, 4.69) is 17.1 Å². The van der Waals surface area contributed by atoms with Crippen LogP contribution in [0.25, 0.3) is 33.5 Å². The van der Waals surface area contributed by atoms with Crippen molar-refractivity contribution >= 4 is 0 Å². The lowest BCUT2D eigenvalue weighted by Gasteiger charge is -2.12. The van der Waals surface area contributed by atoms with Crippen molar-refractivity contribution in [3.05, 3.63) is 107 Å². The molecule has 4 aromatic rings. The van der Waals surface area contributed by atoms with Crippen LogP contribution >= 0.6 is 0 Å². The molecule has 0 saturated heterocycles. The van der Waals surface area contributed by atoms with Gasteiger partial charge >= 0.3 is 0 Å². The van der Waals surface area contributed by atoms with Gasteiger partial charge in [0.05, 0.1) is 5.69 Å². The number of hydrogen-bond acceptors (Lipinski definition) is 1. The van der Waals surface area contributed by atoms with Crippen LogP contribution in [0.15, 0.2) is 102 Å². The fourth-order valence-electron chi connectivity index (χ4n) is 3.04. The van der Waals surface area contributed by atoms with Crippen LogP contribution in [-0.4, -0.2) is 4.98 Å². The van der Waals surface area contributed by atoms with Crippen LogP contribution in [0.2, 0.25) is 0 Å². The smallest absolute Gasteiger partial charge is 0.256 e. The van der Waals surface area contributed by atoms with E-state index >= 15 is 0 Å². The maximum atomic E-state index is 12.7. The molecule has 0 aliphatic rings. The van der Waals surface area contributed by atoms with Gasteiger partial charge in [-0.2, -0.15) is 0 Å². The van der Waals surface area contributed by atoms with Gasteiger partial charge in [0.15, 0.2) is 0 Å². The molecule has 0 radical (unpaired) electrons. The Kier molecular flexibility index (Phi) is 4.01. The molecule has 1 heterocycles. The number of hydrogen-bond donors (Lipinski definition) is 1. The van der Waals surface area contributed by atoms with Gasteiger partial charge in [0.2, 0.25) is 0 Å². The number of benzene rings is 3. The Morgan fingerprint density at radius 2 is 0.960 bits per heavy atom. The molecule has 2 nitrogen and oxygen atoms in total. The van der Waals surface area contributed by atoms with Crippen molar-refractivity contribution in [2.45, 2.75) is 0 Å². The molecule has 0 bridgehead atoms. The molecule has 4 rings (SSSR count). The summed E-state index contributed by atoms with van der Waals surface area (Å²) < 4.78 is 0. The average molecular weight is 323 g/mol. The van der Waals surface area contributed by atoms with Crippen LogP contribution in [0, 0.1) is 0 Å². The summed E-state index contributed by atoms with van der Waals surface area (Å²) in [6.07, 6.45) is 0. The summed E-state index contributed by atoms with van der Waals surface area (Å²) in [5, 5.41) is 0. The predicted octanol–water partition coefficient (Wildman–Crippen LogP) is 5.38. The van der Waals surface area contributed by atoms with Crippen molar-refractivity contribution in [2.75, 3.05) is 0 Å². The largest absolute Gasteiger partial charge is 0.321 e. The van der Waals surface area contributed by atoms with Crippen LogP contribution in [0.1, 0.15) is 0 Å². The molecule has 0 unspecified atom stereocenters.